The Labute approximate surface area is 115 Å². The molecular formula is C14H21ClO2S. The lowest BCUT2D eigenvalue weighted by molar-refractivity contribution is 0.585. The van der Waals surface area contributed by atoms with Crippen molar-refractivity contribution in [2.45, 2.75) is 49.3 Å². The molecule has 0 aliphatic rings. The Balaban J connectivity index is 2.46. The standard InChI is InChI=1S/C14H21ClO2S/c1-2-3-4-6-9-13(15)12-18(16,17)14-10-7-5-8-11-14/h5,7-8,10-11,13H,2-4,6,9,12H2,1H3. The van der Waals surface area contributed by atoms with Gasteiger partial charge in [-0.05, 0) is 18.6 Å². The monoisotopic (exact) mass is 288 g/mol. The first-order chi connectivity index (χ1) is 8.56. The minimum atomic E-state index is -3.23. The number of hydrogen-bond donors (Lipinski definition) is 0. The van der Waals surface area contributed by atoms with Gasteiger partial charge in [0.05, 0.1) is 10.6 Å². The van der Waals surface area contributed by atoms with Crippen molar-refractivity contribution in [2.24, 2.45) is 0 Å². The van der Waals surface area contributed by atoms with Crippen LogP contribution in [-0.2, 0) is 9.84 Å². The van der Waals surface area contributed by atoms with Crippen LogP contribution in [0, 0.1) is 0 Å². The third-order valence-corrected chi connectivity index (χ3v) is 5.26. The number of halogens is 1. The van der Waals surface area contributed by atoms with Crippen LogP contribution in [0.25, 0.3) is 0 Å². The summed E-state index contributed by atoms with van der Waals surface area (Å²) in [5.74, 6) is 0.0324. The van der Waals surface area contributed by atoms with E-state index >= 15 is 0 Å². The Morgan fingerprint density at radius 2 is 1.78 bits per heavy atom. The second kappa shape index (κ2) is 7.80. The van der Waals surface area contributed by atoms with E-state index in [1.54, 1.807) is 24.3 Å². The molecule has 0 N–H and O–H groups in total. The van der Waals surface area contributed by atoms with Crippen LogP contribution >= 0.6 is 11.6 Å². The molecule has 1 rings (SSSR count). The number of benzene rings is 1. The van der Waals surface area contributed by atoms with Crippen LogP contribution in [0.2, 0.25) is 0 Å². The SMILES string of the molecule is CCCCCCC(Cl)CS(=O)(=O)c1ccccc1. The van der Waals surface area contributed by atoms with E-state index in [2.05, 4.69) is 6.92 Å². The highest BCUT2D eigenvalue weighted by atomic mass is 35.5. The van der Waals surface area contributed by atoms with E-state index < -0.39 is 9.84 Å². The fourth-order valence-electron chi connectivity index (χ4n) is 1.84. The van der Waals surface area contributed by atoms with E-state index in [0.29, 0.717) is 4.90 Å². The highest BCUT2D eigenvalue weighted by Gasteiger charge is 2.19. The van der Waals surface area contributed by atoms with E-state index in [0.717, 1.165) is 19.3 Å². The van der Waals surface area contributed by atoms with Crippen molar-refractivity contribution in [3.63, 3.8) is 0 Å². The normalized spacial score (nSPS) is 13.4. The maximum atomic E-state index is 12.0. The fraction of sp³-hybridized carbons (Fsp3) is 0.571. The van der Waals surface area contributed by atoms with Gasteiger partial charge >= 0.3 is 0 Å². The van der Waals surface area contributed by atoms with Gasteiger partial charge in [0.15, 0.2) is 9.84 Å². The van der Waals surface area contributed by atoms with Gasteiger partial charge < -0.3 is 0 Å². The highest BCUT2D eigenvalue weighted by Crippen LogP contribution is 2.17. The molecule has 0 bridgehead atoms. The number of sulfone groups is 1. The summed E-state index contributed by atoms with van der Waals surface area (Å²) in [7, 11) is -3.23. The average Bonchev–Trinajstić information content (AvgIpc) is 2.35. The van der Waals surface area contributed by atoms with Crippen LogP contribution in [0.4, 0.5) is 0 Å². The molecule has 0 aliphatic carbocycles. The maximum absolute atomic E-state index is 12.0. The third-order valence-electron chi connectivity index (χ3n) is 2.87. The van der Waals surface area contributed by atoms with Gasteiger partial charge in [-0.3, -0.25) is 0 Å². The second-order valence-corrected chi connectivity index (χ2v) is 7.19. The van der Waals surface area contributed by atoms with Gasteiger partial charge in [-0.25, -0.2) is 8.42 Å². The first-order valence-corrected chi connectivity index (χ1v) is 8.57. The summed E-state index contributed by atoms with van der Waals surface area (Å²) in [5, 5.41) is -0.285. The zero-order valence-corrected chi connectivity index (χ0v) is 12.4. The third kappa shape index (κ3) is 5.40. The lowest BCUT2D eigenvalue weighted by atomic mass is 10.1. The van der Waals surface area contributed by atoms with Gasteiger partial charge in [0.1, 0.15) is 0 Å². The molecule has 0 heterocycles. The van der Waals surface area contributed by atoms with Crippen molar-refractivity contribution in [2.75, 3.05) is 5.75 Å². The Morgan fingerprint density at radius 1 is 1.11 bits per heavy atom. The highest BCUT2D eigenvalue weighted by molar-refractivity contribution is 7.91. The van der Waals surface area contributed by atoms with E-state index in [9.17, 15) is 8.42 Å². The Kier molecular flexibility index (Phi) is 6.72. The van der Waals surface area contributed by atoms with Crippen LogP contribution in [-0.4, -0.2) is 19.5 Å². The van der Waals surface area contributed by atoms with Crippen molar-refractivity contribution in [3.05, 3.63) is 30.3 Å². The van der Waals surface area contributed by atoms with Gasteiger partial charge in [-0.15, -0.1) is 11.6 Å². The molecule has 0 spiro atoms. The summed E-state index contributed by atoms with van der Waals surface area (Å²) in [4.78, 5) is 0.365. The molecule has 1 aromatic rings. The van der Waals surface area contributed by atoms with Crippen LogP contribution in [0.5, 0.6) is 0 Å². The molecule has 0 saturated heterocycles. The van der Waals surface area contributed by atoms with E-state index in [1.807, 2.05) is 6.07 Å². The Morgan fingerprint density at radius 3 is 2.39 bits per heavy atom. The maximum Gasteiger partial charge on any atom is 0.179 e. The van der Waals surface area contributed by atoms with Crippen molar-refractivity contribution >= 4 is 21.4 Å². The minimum absolute atomic E-state index is 0.0324. The first kappa shape index (κ1) is 15.5. The number of alkyl halides is 1. The Bertz CT molecular complexity index is 428. The lowest BCUT2D eigenvalue weighted by Crippen LogP contribution is -2.16. The zero-order valence-electron chi connectivity index (χ0n) is 10.8. The van der Waals surface area contributed by atoms with Gasteiger partial charge in [0.2, 0.25) is 0 Å². The molecular weight excluding hydrogens is 268 g/mol. The first-order valence-electron chi connectivity index (χ1n) is 6.48. The lowest BCUT2D eigenvalue weighted by Gasteiger charge is -2.10. The zero-order chi connectivity index (χ0) is 13.4. The largest absolute Gasteiger partial charge is 0.224 e. The number of unbranched alkanes of at least 4 members (excludes halogenated alkanes) is 3. The molecule has 1 unspecified atom stereocenters. The topological polar surface area (TPSA) is 34.1 Å². The van der Waals surface area contributed by atoms with Gasteiger partial charge in [-0.1, -0.05) is 50.8 Å². The van der Waals surface area contributed by atoms with Crippen LogP contribution in [0.1, 0.15) is 39.0 Å². The van der Waals surface area contributed by atoms with Crippen LogP contribution in [0.3, 0.4) is 0 Å². The molecule has 2 nitrogen and oxygen atoms in total. The summed E-state index contributed by atoms with van der Waals surface area (Å²) in [6, 6.07) is 8.52. The van der Waals surface area contributed by atoms with E-state index in [4.69, 9.17) is 11.6 Å². The molecule has 0 fully saturated rings. The minimum Gasteiger partial charge on any atom is -0.224 e. The van der Waals surface area contributed by atoms with Gasteiger partial charge in [0, 0.05) is 5.38 Å². The predicted octanol–water partition coefficient (Wildman–Crippen LogP) is 4.04. The van der Waals surface area contributed by atoms with Gasteiger partial charge in [-0.2, -0.15) is 0 Å². The summed E-state index contributed by atoms with van der Waals surface area (Å²) >= 11 is 6.12. The van der Waals surface area contributed by atoms with Crippen molar-refractivity contribution in [1.82, 2.24) is 0 Å². The predicted molar refractivity (Wildman–Crippen MR) is 76.9 cm³/mol. The quantitative estimate of drug-likeness (QED) is 0.534. The molecule has 102 valence electrons. The fourth-order valence-corrected chi connectivity index (χ4v) is 3.90. The Hall–Kier alpha value is -0.540. The van der Waals surface area contributed by atoms with Crippen molar-refractivity contribution in [1.29, 1.82) is 0 Å². The van der Waals surface area contributed by atoms with Crippen molar-refractivity contribution < 1.29 is 8.42 Å². The number of hydrogen-bond acceptors (Lipinski definition) is 2. The summed E-state index contributed by atoms with van der Waals surface area (Å²) < 4.78 is 24.1. The molecule has 1 aromatic carbocycles. The van der Waals surface area contributed by atoms with Crippen molar-refractivity contribution in [3.8, 4) is 0 Å². The average molecular weight is 289 g/mol. The molecule has 0 aliphatic heterocycles. The summed E-state index contributed by atoms with van der Waals surface area (Å²) in [6.07, 6.45) is 5.27. The molecule has 0 amide bonds. The van der Waals surface area contributed by atoms with Crippen LogP contribution < -0.4 is 0 Å². The van der Waals surface area contributed by atoms with E-state index in [-0.39, 0.29) is 11.1 Å². The smallest absolute Gasteiger partial charge is 0.179 e. The van der Waals surface area contributed by atoms with Gasteiger partial charge in [0.25, 0.3) is 0 Å². The number of rotatable bonds is 8. The van der Waals surface area contributed by atoms with Crippen LogP contribution in [0.15, 0.2) is 35.2 Å². The second-order valence-electron chi connectivity index (χ2n) is 4.54. The molecule has 18 heavy (non-hydrogen) atoms. The molecule has 0 aromatic heterocycles. The van der Waals surface area contributed by atoms with E-state index in [1.165, 1.54) is 12.8 Å². The summed E-state index contributed by atoms with van der Waals surface area (Å²) in [5.41, 5.74) is 0. The molecule has 0 saturated carbocycles. The molecule has 4 heteroatoms. The summed E-state index contributed by atoms with van der Waals surface area (Å²) in [6.45, 7) is 2.15. The molecule has 1 atom stereocenters. The molecule has 0 radical (unpaired) electrons.